The predicted molar refractivity (Wildman–Crippen MR) is 73.1 cm³/mol. The highest BCUT2D eigenvalue weighted by Gasteiger charge is 2.29. The first-order chi connectivity index (χ1) is 8.41. The minimum atomic E-state index is -3.50. The van der Waals surface area contributed by atoms with Crippen LogP contribution < -0.4 is 5.32 Å². The van der Waals surface area contributed by atoms with Gasteiger partial charge >= 0.3 is 0 Å². The zero-order valence-corrected chi connectivity index (χ0v) is 13.0. The van der Waals surface area contributed by atoms with Crippen molar-refractivity contribution in [1.29, 1.82) is 0 Å². The molecular weight excluding hydrogens is 340 g/mol. The summed E-state index contributed by atoms with van der Waals surface area (Å²) < 4.78 is 27.1. The summed E-state index contributed by atoms with van der Waals surface area (Å²) in [5.41, 5.74) is 0. The fourth-order valence-corrected chi connectivity index (χ4v) is 5.64. The number of carbonyl (C=O) groups excluding carboxylic acids is 1. The summed E-state index contributed by atoms with van der Waals surface area (Å²) in [4.78, 5) is 12.3. The molecule has 1 aromatic heterocycles. The Balaban J connectivity index is 2.30. The standard InChI is InChI=1S/C10H13BrN2O3S2/c1-7-8(6-9(11)17-7)18(15,16)13-4-2-10(14)12-3-5-13/h6H,2-5H2,1H3,(H,12,14). The van der Waals surface area contributed by atoms with Crippen LogP contribution in [0.25, 0.3) is 0 Å². The summed E-state index contributed by atoms with van der Waals surface area (Å²) in [6, 6.07) is 1.62. The largest absolute Gasteiger partial charge is 0.355 e. The van der Waals surface area contributed by atoms with Gasteiger partial charge in [-0.3, -0.25) is 4.79 Å². The van der Waals surface area contributed by atoms with Crippen molar-refractivity contribution in [1.82, 2.24) is 9.62 Å². The number of carbonyl (C=O) groups is 1. The summed E-state index contributed by atoms with van der Waals surface area (Å²) in [5, 5.41) is 2.67. The Morgan fingerprint density at radius 1 is 1.44 bits per heavy atom. The second-order valence-electron chi connectivity index (χ2n) is 3.97. The number of amides is 1. The molecule has 8 heteroatoms. The molecule has 5 nitrogen and oxygen atoms in total. The second-order valence-corrected chi connectivity index (χ2v) is 8.52. The average molecular weight is 353 g/mol. The number of rotatable bonds is 2. The zero-order chi connectivity index (χ0) is 13.3. The van der Waals surface area contributed by atoms with E-state index in [9.17, 15) is 13.2 Å². The summed E-state index contributed by atoms with van der Waals surface area (Å²) >= 11 is 4.69. The lowest BCUT2D eigenvalue weighted by molar-refractivity contribution is -0.120. The number of nitrogens with one attached hydrogen (secondary N) is 1. The smallest absolute Gasteiger partial charge is 0.244 e. The van der Waals surface area contributed by atoms with Gasteiger partial charge in [0.2, 0.25) is 15.9 Å². The van der Waals surface area contributed by atoms with Gasteiger partial charge in [0.1, 0.15) is 0 Å². The Morgan fingerprint density at radius 3 is 2.78 bits per heavy atom. The van der Waals surface area contributed by atoms with Crippen molar-refractivity contribution in [2.24, 2.45) is 0 Å². The van der Waals surface area contributed by atoms with Gasteiger partial charge in [-0.15, -0.1) is 11.3 Å². The summed E-state index contributed by atoms with van der Waals surface area (Å²) in [6.45, 7) is 2.70. The first kappa shape index (κ1) is 14.0. The highest BCUT2D eigenvalue weighted by molar-refractivity contribution is 9.11. The number of sulfonamides is 1. The molecule has 0 aromatic carbocycles. The van der Waals surface area contributed by atoms with Crippen molar-refractivity contribution in [3.63, 3.8) is 0 Å². The van der Waals surface area contributed by atoms with Gasteiger partial charge in [0, 0.05) is 30.9 Å². The molecule has 0 radical (unpaired) electrons. The van der Waals surface area contributed by atoms with Crippen LogP contribution in [-0.4, -0.2) is 38.3 Å². The lowest BCUT2D eigenvalue weighted by atomic mass is 10.4. The molecule has 0 unspecified atom stereocenters. The van der Waals surface area contributed by atoms with Crippen molar-refractivity contribution in [3.8, 4) is 0 Å². The van der Waals surface area contributed by atoms with E-state index in [1.807, 2.05) is 0 Å². The number of hydrogen-bond acceptors (Lipinski definition) is 4. The first-order valence-electron chi connectivity index (χ1n) is 5.44. The highest BCUT2D eigenvalue weighted by Crippen LogP contribution is 2.31. The molecule has 1 saturated heterocycles. The average Bonchev–Trinajstić information content (AvgIpc) is 2.49. The molecule has 1 aliphatic rings. The second kappa shape index (κ2) is 5.28. The fraction of sp³-hybridized carbons (Fsp3) is 0.500. The van der Waals surface area contributed by atoms with E-state index in [0.717, 1.165) is 8.66 Å². The SMILES string of the molecule is Cc1sc(Br)cc1S(=O)(=O)N1CCNC(=O)CC1. The molecule has 0 saturated carbocycles. The van der Waals surface area contributed by atoms with Gasteiger partial charge in [0.05, 0.1) is 8.68 Å². The van der Waals surface area contributed by atoms with Crippen molar-refractivity contribution in [2.75, 3.05) is 19.6 Å². The highest BCUT2D eigenvalue weighted by atomic mass is 79.9. The Bertz CT molecular complexity index is 568. The van der Waals surface area contributed by atoms with E-state index in [-0.39, 0.29) is 18.9 Å². The maximum Gasteiger partial charge on any atom is 0.244 e. The van der Waals surface area contributed by atoms with E-state index in [1.165, 1.54) is 15.6 Å². The topological polar surface area (TPSA) is 66.5 Å². The van der Waals surface area contributed by atoms with Crippen molar-refractivity contribution in [2.45, 2.75) is 18.2 Å². The van der Waals surface area contributed by atoms with Crippen LogP contribution >= 0.6 is 27.3 Å². The van der Waals surface area contributed by atoms with E-state index < -0.39 is 10.0 Å². The molecule has 1 aromatic rings. The third-order valence-corrected chi connectivity index (χ3v) is 6.44. The molecule has 0 bridgehead atoms. The maximum absolute atomic E-state index is 12.5. The number of halogens is 1. The molecule has 0 aliphatic carbocycles. The third kappa shape index (κ3) is 2.76. The third-order valence-electron chi connectivity index (χ3n) is 2.73. The van der Waals surface area contributed by atoms with Gasteiger partial charge in [-0.1, -0.05) is 0 Å². The van der Waals surface area contributed by atoms with Crippen LogP contribution in [0.4, 0.5) is 0 Å². The lowest BCUT2D eigenvalue weighted by Crippen LogP contribution is -2.34. The Morgan fingerprint density at radius 2 is 2.17 bits per heavy atom. The van der Waals surface area contributed by atoms with E-state index >= 15 is 0 Å². The van der Waals surface area contributed by atoms with Crippen molar-refractivity contribution >= 4 is 43.2 Å². The van der Waals surface area contributed by atoms with Gasteiger partial charge in [0.25, 0.3) is 0 Å². The fourth-order valence-electron chi connectivity index (χ4n) is 1.81. The molecule has 1 aliphatic heterocycles. The predicted octanol–water partition coefficient (Wildman–Crippen LogP) is 1.33. The molecule has 18 heavy (non-hydrogen) atoms. The molecule has 1 N–H and O–H groups in total. The quantitative estimate of drug-likeness (QED) is 0.872. The van der Waals surface area contributed by atoms with Gasteiger partial charge < -0.3 is 5.32 Å². The molecule has 2 heterocycles. The van der Waals surface area contributed by atoms with Crippen LogP contribution in [0, 0.1) is 6.92 Å². The van der Waals surface area contributed by atoms with Crippen LogP contribution in [0.5, 0.6) is 0 Å². The van der Waals surface area contributed by atoms with E-state index in [1.54, 1.807) is 13.0 Å². The van der Waals surface area contributed by atoms with E-state index in [4.69, 9.17) is 0 Å². The Hall–Kier alpha value is -0.440. The minimum absolute atomic E-state index is 0.101. The Kier molecular flexibility index (Phi) is 4.10. The summed E-state index contributed by atoms with van der Waals surface area (Å²) in [7, 11) is -3.50. The maximum atomic E-state index is 12.5. The van der Waals surface area contributed by atoms with Crippen molar-refractivity contribution in [3.05, 3.63) is 14.7 Å². The molecule has 2 rings (SSSR count). The van der Waals surface area contributed by atoms with Crippen LogP contribution in [0.2, 0.25) is 0 Å². The summed E-state index contributed by atoms with van der Waals surface area (Å²) in [6.07, 6.45) is 0.212. The summed E-state index contributed by atoms with van der Waals surface area (Å²) in [5.74, 6) is -0.101. The number of thiophene rings is 1. The van der Waals surface area contributed by atoms with Crippen LogP contribution in [0.15, 0.2) is 14.7 Å². The van der Waals surface area contributed by atoms with Gasteiger partial charge in [0.15, 0.2) is 0 Å². The Labute approximate surface area is 118 Å². The number of aryl methyl sites for hydroxylation is 1. The zero-order valence-electron chi connectivity index (χ0n) is 9.77. The van der Waals surface area contributed by atoms with Crippen molar-refractivity contribution < 1.29 is 13.2 Å². The normalized spacial score (nSPS) is 18.4. The first-order valence-corrected chi connectivity index (χ1v) is 8.49. The molecule has 0 atom stereocenters. The monoisotopic (exact) mass is 352 g/mol. The van der Waals surface area contributed by atoms with Gasteiger partial charge in [-0.2, -0.15) is 4.31 Å². The van der Waals surface area contributed by atoms with Gasteiger partial charge in [-0.05, 0) is 28.9 Å². The lowest BCUT2D eigenvalue weighted by Gasteiger charge is -2.18. The van der Waals surface area contributed by atoms with Crippen LogP contribution in [-0.2, 0) is 14.8 Å². The molecular formula is C10H13BrN2O3S2. The molecule has 0 spiro atoms. The number of nitrogens with zero attached hydrogens (tertiary/aromatic N) is 1. The van der Waals surface area contributed by atoms with Gasteiger partial charge in [-0.25, -0.2) is 8.42 Å². The van der Waals surface area contributed by atoms with Crippen LogP contribution in [0.3, 0.4) is 0 Å². The molecule has 100 valence electrons. The number of hydrogen-bond donors (Lipinski definition) is 1. The minimum Gasteiger partial charge on any atom is -0.355 e. The van der Waals surface area contributed by atoms with E-state index in [2.05, 4.69) is 21.2 Å². The molecule has 1 fully saturated rings. The van der Waals surface area contributed by atoms with E-state index in [0.29, 0.717) is 18.0 Å². The van der Waals surface area contributed by atoms with Crippen LogP contribution in [0.1, 0.15) is 11.3 Å². The molecule has 1 amide bonds.